The van der Waals surface area contributed by atoms with E-state index in [2.05, 4.69) is 11.4 Å². The summed E-state index contributed by atoms with van der Waals surface area (Å²) in [7, 11) is 0. The Bertz CT molecular complexity index is 507. The van der Waals surface area contributed by atoms with Crippen LogP contribution in [0.1, 0.15) is 19.3 Å². The van der Waals surface area contributed by atoms with Gasteiger partial charge < -0.3 is 14.8 Å². The molecule has 0 aromatic heterocycles. The van der Waals surface area contributed by atoms with Gasteiger partial charge in [-0.15, -0.1) is 0 Å². The van der Waals surface area contributed by atoms with E-state index < -0.39 is 17.7 Å². The summed E-state index contributed by atoms with van der Waals surface area (Å²) in [5, 5.41) is 3.23. The molecule has 1 aromatic rings. The highest BCUT2D eigenvalue weighted by Gasteiger charge is 2.31. The first-order valence-electron chi connectivity index (χ1n) is 7.37. The average Bonchev–Trinajstić information content (AvgIpc) is 3.02. The number of rotatable bonds is 4. The largest absolute Gasteiger partial charge is 0.477 e. The van der Waals surface area contributed by atoms with Gasteiger partial charge in [-0.1, -0.05) is 12.1 Å². The SMILES string of the molecule is Fc1cccc(F)c1OC(C1=CCCC1)C1CNCCO1. The van der Waals surface area contributed by atoms with Crippen molar-refractivity contribution < 1.29 is 18.3 Å². The number of hydrogen-bond donors (Lipinski definition) is 1. The predicted octanol–water partition coefficient (Wildman–Crippen LogP) is 2.81. The highest BCUT2D eigenvalue weighted by atomic mass is 19.1. The van der Waals surface area contributed by atoms with Crippen LogP contribution in [-0.4, -0.2) is 31.9 Å². The van der Waals surface area contributed by atoms with Gasteiger partial charge in [-0.05, 0) is 37.0 Å². The molecule has 3 nitrogen and oxygen atoms in total. The summed E-state index contributed by atoms with van der Waals surface area (Å²) in [6.45, 7) is 1.99. The van der Waals surface area contributed by atoms with Crippen molar-refractivity contribution in [3.8, 4) is 5.75 Å². The van der Waals surface area contributed by atoms with Crippen LogP contribution in [-0.2, 0) is 4.74 Å². The number of halogens is 2. The number of para-hydroxylation sites is 1. The zero-order chi connectivity index (χ0) is 14.7. The standard InChI is InChI=1S/C16H19F2NO2/c17-12-6-3-7-13(18)16(12)21-15(11-4-1-2-5-11)14-10-19-8-9-20-14/h3-4,6-7,14-15,19H,1-2,5,8-10H2. The molecule has 0 radical (unpaired) electrons. The second-order valence-electron chi connectivity index (χ2n) is 5.37. The van der Waals surface area contributed by atoms with Crippen molar-refractivity contribution in [2.45, 2.75) is 31.5 Å². The Morgan fingerprint density at radius 2 is 2.10 bits per heavy atom. The number of morpholine rings is 1. The Hall–Kier alpha value is -1.46. The number of nitrogens with one attached hydrogen (secondary N) is 1. The third kappa shape index (κ3) is 3.24. The molecule has 1 N–H and O–H groups in total. The smallest absolute Gasteiger partial charge is 0.191 e. The summed E-state index contributed by atoms with van der Waals surface area (Å²) in [6.07, 6.45) is 4.36. The Morgan fingerprint density at radius 1 is 1.29 bits per heavy atom. The molecule has 0 spiro atoms. The fourth-order valence-corrected chi connectivity index (χ4v) is 2.85. The van der Waals surface area contributed by atoms with Crippen LogP contribution in [0.15, 0.2) is 29.8 Å². The van der Waals surface area contributed by atoms with Gasteiger partial charge >= 0.3 is 0 Å². The summed E-state index contributed by atoms with van der Waals surface area (Å²) < 4.78 is 39.1. The van der Waals surface area contributed by atoms with Crippen LogP contribution in [0.4, 0.5) is 8.78 Å². The molecule has 1 heterocycles. The maximum atomic E-state index is 13.8. The topological polar surface area (TPSA) is 30.5 Å². The van der Waals surface area contributed by atoms with Gasteiger partial charge in [-0.2, -0.15) is 0 Å². The van der Waals surface area contributed by atoms with Crippen molar-refractivity contribution in [1.29, 1.82) is 0 Å². The minimum atomic E-state index is -0.678. The van der Waals surface area contributed by atoms with Crippen LogP contribution in [0.3, 0.4) is 0 Å². The van der Waals surface area contributed by atoms with E-state index in [0.29, 0.717) is 13.2 Å². The van der Waals surface area contributed by atoms with E-state index in [1.165, 1.54) is 18.2 Å². The fourth-order valence-electron chi connectivity index (χ4n) is 2.85. The number of hydrogen-bond acceptors (Lipinski definition) is 3. The second-order valence-corrected chi connectivity index (χ2v) is 5.37. The fraction of sp³-hybridized carbons (Fsp3) is 0.500. The summed E-state index contributed by atoms with van der Waals surface area (Å²) in [5.41, 5.74) is 1.08. The molecule has 2 atom stereocenters. The summed E-state index contributed by atoms with van der Waals surface area (Å²) in [4.78, 5) is 0. The predicted molar refractivity (Wildman–Crippen MR) is 75.3 cm³/mol. The molecule has 2 aliphatic rings. The molecule has 1 aliphatic carbocycles. The Morgan fingerprint density at radius 3 is 2.71 bits per heavy atom. The summed E-state index contributed by atoms with van der Waals surface area (Å²) in [5.74, 6) is -1.67. The second kappa shape index (κ2) is 6.54. The monoisotopic (exact) mass is 295 g/mol. The van der Waals surface area contributed by atoms with E-state index in [9.17, 15) is 8.78 Å². The molecule has 1 saturated heterocycles. The van der Waals surface area contributed by atoms with Crippen molar-refractivity contribution >= 4 is 0 Å². The van der Waals surface area contributed by atoms with Crippen LogP contribution < -0.4 is 10.1 Å². The van der Waals surface area contributed by atoms with Crippen LogP contribution in [0.25, 0.3) is 0 Å². The maximum Gasteiger partial charge on any atom is 0.191 e. The van der Waals surface area contributed by atoms with E-state index in [-0.39, 0.29) is 11.9 Å². The van der Waals surface area contributed by atoms with E-state index in [1.54, 1.807) is 0 Å². The highest BCUT2D eigenvalue weighted by Crippen LogP contribution is 2.30. The molecule has 1 aliphatic heterocycles. The van der Waals surface area contributed by atoms with Crippen molar-refractivity contribution in [2.75, 3.05) is 19.7 Å². The highest BCUT2D eigenvalue weighted by molar-refractivity contribution is 5.28. The minimum absolute atomic E-state index is 0.220. The van der Waals surface area contributed by atoms with Crippen LogP contribution >= 0.6 is 0 Å². The molecule has 0 amide bonds. The van der Waals surface area contributed by atoms with Gasteiger partial charge in [0.05, 0.1) is 6.61 Å². The molecule has 5 heteroatoms. The third-order valence-electron chi connectivity index (χ3n) is 3.90. The molecular weight excluding hydrogens is 276 g/mol. The lowest BCUT2D eigenvalue weighted by Crippen LogP contribution is -2.48. The van der Waals surface area contributed by atoms with Crippen molar-refractivity contribution in [3.05, 3.63) is 41.5 Å². The van der Waals surface area contributed by atoms with Gasteiger partial charge in [-0.25, -0.2) is 8.78 Å². The molecule has 21 heavy (non-hydrogen) atoms. The number of ether oxygens (including phenoxy) is 2. The minimum Gasteiger partial charge on any atom is -0.477 e. The molecule has 1 fully saturated rings. The number of benzene rings is 1. The maximum absolute atomic E-state index is 13.8. The first-order valence-corrected chi connectivity index (χ1v) is 7.37. The Kier molecular flexibility index (Phi) is 4.51. The van der Waals surface area contributed by atoms with Crippen LogP contribution in [0, 0.1) is 11.6 Å². The van der Waals surface area contributed by atoms with Crippen LogP contribution in [0.5, 0.6) is 5.75 Å². The molecule has 114 valence electrons. The van der Waals surface area contributed by atoms with E-state index in [1.807, 2.05) is 0 Å². The van der Waals surface area contributed by atoms with Gasteiger partial charge in [0.2, 0.25) is 0 Å². The average molecular weight is 295 g/mol. The van der Waals surface area contributed by atoms with Crippen molar-refractivity contribution in [2.24, 2.45) is 0 Å². The van der Waals surface area contributed by atoms with Gasteiger partial charge in [0.25, 0.3) is 0 Å². The molecule has 3 rings (SSSR count). The molecule has 1 aromatic carbocycles. The molecule has 0 saturated carbocycles. The first kappa shape index (κ1) is 14.5. The lowest BCUT2D eigenvalue weighted by Gasteiger charge is -2.32. The lowest BCUT2D eigenvalue weighted by molar-refractivity contribution is -0.0314. The van der Waals surface area contributed by atoms with E-state index in [0.717, 1.165) is 31.4 Å². The lowest BCUT2D eigenvalue weighted by atomic mass is 10.0. The first-order chi connectivity index (χ1) is 10.3. The summed E-state index contributed by atoms with van der Waals surface area (Å²) >= 11 is 0. The zero-order valence-corrected chi connectivity index (χ0v) is 11.8. The number of allylic oxidation sites excluding steroid dienone is 1. The van der Waals surface area contributed by atoms with Crippen molar-refractivity contribution in [3.63, 3.8) is 0 Å². The summed E-state index contributed by atoms with van der Waals surface area (Å²) in [6, 6.07) is 3.75. The third-order valence-corrected chi connectivity index (χ3v) is 3.90. The van der Waals surface area contributed by atoms with Gasteiger partial charge in [0.15, 0.2) is 17.4 Å². The van der Waals surface area contributed by atoms with Gasteiger partial charge in [0, 0.05) is 13.1 Å². The normalized spacial score (nSPS) is 23.7. The zero-order valence-electron chi connectivity index (χ0n) is 11.8. The molecular formula is C16H19F2NO2. The van der Waals surface area contributed by atoms with Crippen LogP contribution in [0.2, 0.25) is 0 Å². The Labute approximate surface area is 122 Å². The van der Waals surface area contributed by atoms with E-state index in [4.69, 9.17) is 9.47 Å². The molecule has 0 bridgehead atoms. The molecule has 2 unspecified atom stereocenters. The van der Waals surface area contributed by atoms with E-state index >= 15 is 0 Å². The van der Waals surface area contributed by atoms with Gasteiger partial charge in [0.1, 0.15) is 12.2 Å². The van der Waals surface area contributed by atoms with Crippen molar-refractivity contribution in [1.82, 2.24) is 5.32 Å². The Balaban J connectivity index is 1.84. The van der Waals surface area contributed by atoms with Gasteiger partial charge in [-0.3, -0.25) is 0 Å². The quantitative estimate of drug-likeness (QED) is 0.867.